The van der Waals surface area contributed by atoms with E-state index in [2.05, 4.69) is 34.3 Å². The molecule has 0 radical (unpaired) electrons. The van der Waals surface area contributed by atoms with Gasteiger partial charge in [0.1, 0.15) is 5.76 Å². The molecule has 1 aliphatic heterocycles. The van der Waals surface area contributed by atoms with Gasteiger partial charge in [-0.15, -0.1) is 0 Å². The van der Waals surface area contributed by atoms with Crippen LogP contribution in [0.3, 0.4) is 0 Å². The third kappa shape index (κ3) is 3.73. The minimum absolute atomic E-state index is 0.123. The molecule has 5 heteroatoms. The summed E-state index contributed by atoms with van der Waals surface area (Å²) in [5.74, 6) is 0.523. The fourth-order valence-electron chi connectivity index (χ4n) is 2.97. The normalized spacial score (nSPS) is 14.8. The molecule has 1 aliphatic rings. The Bertz CT molecular complexity index is 657. The van der Waals surface area contributed by atoms with Gasteiger partial charge in [-0.1, -0.05) is 17.3 Å². The maximum absolute atomic E-state index is 12.3. The number of hydrogen-bond donors (Lipinski definition) is 0. The van der Waals surface area contributed by atoms with Gasteiger partial charge in [0.15, 0.2) is 5.69 Å². The fourth-order valence-corrected chi connectivity index (χ4v) is 2.97. The molecular formula is C18H23N3O2. The Morgan fingerprint density at radius 3 is 2.52 bits per heavy atom. The van der Waals surface area contributed by atoms with Gasteiger partial charge in [0.25, 0.3) is 5.91 Å². The maximum atomic E-state index is 12.3. The van der Waals surface area contributed by atoms with Crippen LogP contribution < -0.4 is 4.90 Å². The maximum Gasteiger partial charge on any atom is 0.276 e. The van der Waals surface area contributed by atoms with Gasteiger partial charge in [0.05, 0.1) is 0 Å². The molecule has 0 saturated carbocycles. The van der Waals surface area contributed by atoms with E-state index in [1.165, 1.54) is 24.9 Å². The Morgan fingerprint density at radius 1 is 1.22 bits per heavy atom. The van der Waals surface area contributed by atoms with Crippen LogP contribution in [-0.2, 0) is 6.54 Å². The van der Waals surface area contributed by atoms with Gasteiger partial charge in [-0.05, 0) is 43.9 Å². The third-order valence-electron chi connectivity index (χ3n) is 4.27. The Hall–Kier alpha value is -2.30. The zero-order chi connectivity index (χ0) is 16.2. The highest BCUT2D eigenvalue weighted by molar-refractivity contribution is 5.92. The van der Waals surface area contributed by atoms with Crippen LogP contribution in [0.1, 0.15) is 41.1 Å². The topological polar surface area (TPSA) is 49.6 Å². The zero-order valence-corrected chi connectivity index (χ0v) is 13.8. The number of piperidine rings is 1. The van der Waals surface area contributed by atoms with Crippen molar-refractivity contribution in [2.75, 3.05) is 25.0 Å². The molecule has 1 amide bonds. The van der Waals surface area contributed by atoms with Crippen LogP contribution in [0.2, 0.25) is 0 Å². The number of hydrogen-bond acceptors (Lipinski definition) is 4. The second kappa shape index (κ2) is 6.86. The molecule has 0 N–H and O–H groups in total. The van der Waals surface area contributed by atoms with Crippen LogP contribution in [0.4, 0.5) is 5.69 Å². The van der Waals surface area contributed by atoms with Crippen molar-refractivity contribution in [1.82, 2.24) is 10.1 Å². The molecular weight excluding hydrogens is 290 g/mol. The quantitative estimate of drug-likeness (QED) is 0.869. The summed E-state index contributed by atoms with van der Waals surface area (Å²) < 4.78 is 4.97. The van der Waals surface area contributed by atoms with Crippen molar-refractivity contribution in [3.63, 3.8) is 0 Å². The van der Waals surface area contributed by atoms with Gasteiger partial charge in [0.2, 0.25) is 0 Å². The van der Waals surface area contributed by atoms with Crippen molar-refractivity contribution < 1.29 is 9.32 Å². The van der Waals surface area contributed by atoms with E-state index in [4.69, 9.17) is 4.52 Å². The van der Waals surface area contributed by atoms with Gasteiger partial charge < -0.3 is 14.3 Å². The number of carbonyl (C=O) groups excluding carboxylic acids is 1. The lowest BCUT2D eigenvalue weighted by Gasteiger charge is -2.29. The summed E-state index contributed by atoms with van der Waals surface area (Å²) in [6, 6.07) is 10.2. The molecule has 2 aromatic rings. The highest BCUT2D eigenvalue weighted by Crippen LogP contribution is 2.20. The lowest BCUT2D eigenvalue weighted by Crippen LogP contribution is -2.29. The number of aryl methyl sites for hydroxylation is 1. The highest BCUT2D eigenvalue weighted by Gasteiger charge is 2.16. The van der Waals surface area contributed by atoms with E-state index in [1.54, 1.807) is 24.9 Å². The summed E-state index contributed by atoms with van der Waals surface area (Å²) in [6.07, 6.45) is 3.88. The van der Waals surface area contributed by atoms with Gasteiger partial charge in [-0.25, -0.2) is 0 Å². The third-order valence-corrected chi connectivity index (χ3v) is 4.27. The van der Waals surface area contributed by atoms with Crippen LogP contribution in [0, 0.1) is 6.92 Å². The van der Waals surface area contributed by atoms with Crippen LogP contribution in [0.25, 0.3) is 0 Å². The molecule has 0 bridgehead atoms. The first-order valence-corrected chi connectivity index (χ1v) is 8.16. The number of amides is 1. The number of benzene rings is 1. The lowest BCUT2D eigenvalue weighted by molar-refractivity contribution is 0.0774. The van der Waals surface area contributed by atoms with Crippen LogP contribution in [-0.4, -0.2) is 36.1 Å². The number of carbonyl (C=O) groups is 1. The summed E-state index contributed by atoms with van der Waals surface area (Å²) in [6.45, 7) is 4.63. The fraction of sp³-hybridized carbons (Fsp3) is 0.444. The Morgan fingerprint density at radius 2 is 1.91 bits per heavy atom. The van der Waals surface area contributed by atoms with Crippen molar-refractivity contribution in [1.29, 1.82) is 0 Å². The second-order valence-corrected chi connectivity index (χ2v) is 6.20. The molecule has 0 unspecified atom stereocenters. The Kier molecular flexibility index (Phi) is 4.65. The first kappa shape index (κ1) is 15.6. The number of anilines is 1. The molecule has 1 aromatic carbocycles. The minimum Gasteiger partial charge on any atom is -0.372 e. The lowest BCUT2D eigenvalue weighted by atomic mass is 10.1. The smallest absolute Gasteiger partial charge is 0.276 e. The Labute approximate surface area is 136 Å². The van der Waals surface area contributed by atoms with E-state index < -0.39 is 0 Å². The summed E-state index contributed by atoms with van der Waals surface area (Å²) >= 11 is 0. The van der Waals surface area contributed by atoms with E-state index in [-0.39, 0.29) is 5.91 Å². The monoisotopic (exact) mass is 313 g/mol. The Balaban J connectivity index is 1.62. The van der Waals surface area contributed by atoms with Crippen molar-refractivity contribution in [2.24, 2.45) is 0 Å². The van der Waals surface area contributed by atoms with Gasteiger partial charge >= 0.3 is 0 Å². The van der Waals surface area contributed by atoms with Crippen molar-refractivity contribution in [2.45, 2.75) is 32.7 Å². The number of rotatable bonds is 4. The molecule has 0 aliphatic carbocycles. The van der Waals surface area contributed by atoms with E-state index >= 15 is 0 Å². The average Bonchev–Trinajstić information content (AvgIpc) is 3.02. The highest BCUT2D eigenvalue weighted by atomic mass is 16.5. The van der Waals surface area contributed by atoms with Crippen LogP contribution >= 0.6 is 0 Å². The zero-order valence-electron chi connectivity index (χ0n) is 13.8. The molecule has 5 nitrogen and oxygen atoms in total. The SMILES string of the molecule is Cc1cc(C(=O)N(C)Cc2ccc(N3CCCCC3)cc2)no1. The predicted molar refractivity (Wildman–Crippen MR) is 89.5 cm³/mol. The largest absolute Gasteiger partial charge is 0.372 e. The average molecular weight is 313 g/mol. The van der Waals surface area contributed by atoms with E-state index in [0.717, 1.165) is 18.7 Å². The molecule has 0 atom stereocenters. The van der Waals surface area contributed by atoms with E-state index in [0.29, 0.717) is 18.0 Å². The molecule has 122 valence electrons. The second-order valence-electron chi connectivity index (χ2n) is 6.20. The van der Waals surface area contributed by atoms with Crippen molar-refractivity contribution in [3.8, 4) is 0 Å². The summed E-state index contributed by atoms with van der Waals surface area (Å²) in [5, 5.41) is 3.78. The molecule has 3 rings (SSSR count). The first-order valence-electron chi connectivity index (χ1n) is 8.16. The molecule has 1 saturated heterocycles. The van der Waals surface area contributed by atoms with Crippen LogP contribution in [0.15, 0.2) is 34.9 Å². The van der Waals surface area contributed by atoms with E-state index in [1.807, 2.05) is 0 Å². The minimum atomic E-state index is -0.123. The van der Waals surface area contributed by atoms with Gasteiger partial charge in [0, 0.05) is 38.4 Å². The van der Waals surface area contributed by atoms with Crippen molar-refractivity contribution >= 4 is 11.6 Å². The number of aromatic nitrogens is 1. The standard InChI is InChI=1S/C18H23N3O2/c1-14-12-17(19-23-14)18(22)20(2)13-15-6-8-16(9-7-15)21-10-4-3-5-11-21/h6-9,12H,3-5,10-11,13H2,1-2H3. The molecule has 0 spiro atoms. The van der Waals surface area contributed by atoms with Crippen molar-refractivity contribution in [3.05, 3.63) is 47.3 Å². The molecule has 23 heavy (non-hydrogen) atoms. The van der Waals surface area contributed by atoms with E-state index in [9.17, 15) is 4.79 Å². The number of nitrogens with zero attached hydrogens (tertiary/aromatic N) is 3. The predicted octanol–water partition coefficient (Wildman–Crippen LogP) is 3.25. The molecule has 2 heterocycles. The first-order chi connectivity index (χ1) is 11.1. The summed E-state index contributed by atoms with van der Waals surface area (Å²) in [4.78, 5) is 16.4. The molecule has 1 fully saturated rings. The van der Waals surface area contributed by atoms with Crippen LogP contribution in [0.5, 0.6) is 0 Å². The summed E-state index contributed by atoms with van der Waals surface area (Å²) in [5.41, 5.74) is 2.74. The molecule has 1 aromatic heterocycles. The van der Waals surface area contributed by atoms with Gasteiger partial charge in [-0.2, -0.15) is 0 Å². The summed E-state index contributed by atoms with van der Waals surface area (Å²) in [7, 11) is 1.78. The van der Waals surface area contributed by atoms with Gasteiger partial charge in [-0.3, -0.25) is 4.79 Å².